The van der Waals surface area contributed by atoms with Crippen LogP contribution in [0.4, 0.5) is 0 Å². The summed E-state index contributed by atoms with van der Waals surface area (Å²) < 4.78 is 6.80. The number of carbonyl (C=O) groups is 1. The molecule has 3 aromatic rings. The third-order valence-electron chi connectivity index (χ3n) is 2.98. The van der Waals surface area contributed by atoms with Gasteiger partial charge in [0.25, 0.3) is 5.91 Å². The molecule has 6 heteroatoms. The molecule has 3 rings (SSSR count). The monoisotopic (exact) mass is 282 g/mol. The van der Waals surface area contributed by atoms with E-state index in [4.69, 9.17) is 4.42 Å². The second-order valence-electron chi connectivity index (χ2n) is 4.49. The zero-order chi connectivity index (χ0) is 14.7. The van der Waals surface area contributed by atoms with E-state index in [0.29, 0.717) is 18.1 Å². The SMILES string of the molecule is Cc1nc(C(=O)NCc2ccco2)nn1-c1ccccc1. The van der Waals surface area contributed by atoms with E-state index >= 15 is 0 Å². The van der Waals surface area contributed by atoms with Crippen molar-refractivity contribution in [3.63, 3.8) is 0 Å². The van der Waals surface area contributed by atoms with E-state index in [2.05, 4.69) is 15.4 Å². The summed E-state index contributed by atoms with van der Waals surface area (Å²) in [6, 6.07) is 13.1. The molecule has 0 radical (unpaired) electrons. The number of nitrogens with one attached hydrogen (secondary N) is 1. The Bertz CT molecular complexity index is 732. The Morgan fingerprint density at radius 1 is 1.24 bits per heavy atom. The zero-order valence-corrected chi connectivity index (χ0v) is 11.5. The molecule has 6 nitrogen and oxygen atoms in total. The molecule has 0 saturated carbocycles. The van der Waals surface area contributed by atoms with Gasteiger partial charge in [-0.15, -0.1) is 5.10 Å². The third kappa shape index (κ3) is 2.84. The minimum absolute atomic E-state index is 0.142. The van der Waals surface area contributed by atoms with Crippen LogP contribution in [0.3, 0.4) is 0 Å². The Morgan fingerprint density at radius 2 is 2.05 bits per heavy atom. The second-order valence-corrected chi connectivity index (χ2v) is 4.49. The maximum Gasteiger partial charge on any atom is 0.291 e. The molecule has 0 fully saturated rings. The van der Waals surface area contributed by atoms with E-state index < -0.39 is 0 Å². The van der Waals surface area contributed by atoms with Crippen molar-refractivity contribution < 1.29 is 9.21 Å². The van der Waals surface area contributed by atoms with Crippen LogP contribution in [-0.4, -0.2) is 20.7 Å². The molecule has 0 spiro atoms. The number of aryl methyl sites for hydroxylation is 1. The Balaban J connectivity index is 1.76. The summed E-state index contributed by atoms with van der Waals surface area (Å²) in [5, 5.41) is 6.97. The molecule has 1 aromatic carbocycles. The average Bonchev–Trinajstić information content (AvgIpc) is 3.15. The van der Waals surface area contributed by atoms with Gasteiger partial charge in [-0.25, -0.2) is 9.67 Å². The molecule has 0 atom stereocenters. The molecule has 21 heavy (non-hydrogen) atoms. The summed E-state index contributed by atoms with van der Waals surface area (Å²) >= 11 is 0. The first-order valence-corrected chi connectivity index (χ1v) is 6.54. The molecule has 0 aliphatic heterocycles. The number of amides is 1. The first kappa shape index (κ1) is 13.1. The van der Waals surface area contributed by atoms with Crippen LogP contribution in [0.5, 0.6) is 0 Å². The molecule has 0 bridgehead atoms. The van der Waals surface area contributed by atoms with Gasteiger partial charge in [0.1, 0.15) is 11.6 Å². The van der Waals surface area contributed by atoms with Gasteiger partial charge in [0.15, 0.2) is 0 Å². The summed E-state index contributed by atoms with van der Waals surface area (Å²) in [6.07, 6.45) is 1.56. The van der Waals surface area contributed by atoms with Crippen molar-refractivity contribution in [2.75, 3.05) is 0 Å². The lowest BCUT2D eigenvalue weighted by Gasteiger charge is -2.01. The first-order chi connectivity index (χ1) is 10.2. The summed E-state index contributed by atoms with van der Waals surface area (Å²) in [5.41, 5.74) is 0.868. The Hall–Kier alpha value is -2.89. The fourth-order valence-corrected chi connectivity index (χ4v) is 1.96. The standard InChI is InChI=1S/C15H14N4O2/c1-11-17-14(15(20)16-10-13-8-5-9-21-13)18-19(11)12-6-3-2-4-7-12/h2-9H,10H2,1H3,(H,16,20). The van der Waals surface area contributed by atoms with Crippen LogP contribution >= 0.6 is 0 Å². The molecule has 1 N–H and O–H groups in total. The second kappa shape index (κ2) is 5.62. The van der Waals surface area contributed by atoms with E-state index in [1.807, 2.05) is 37.3 Å². The van der Waals surface area contributed by atoms with Crippen molar-refractivity contribution in [2.24, 2.45) is 0 Å². The fraction of sp³-hybridized carbons (Fsp3) is 0.133. The minimum atomic E-state index is -0.329. The van der Waals surface area contributed by atoms with E-state index in [9.17, 15) is 4.79 Å². The van der Waals surface area contributed by atoms with Gasteiger partial charge >= 0.3 is 0 Å². The van der Waals surface area contributed by atoms with Gasteiger partial charge < -0.3 is 9.73 Å². The van der Waals surface area contributed by atoms with Crippen LogP contribution in [0.25, 0.3) is 5.69 Å². The number of carbonyl (C=O) groups excluding carboxylic acids is 1. The number of nitrogens with zero attached hydrogens (tertiary/aromatic N) is 3. The molecular formula is C15H14N4O2. The van der Waals surface area contributed by atoms with Crippen molar-refractivity contribution in [3.8, 4) is 5.69 Å². The lowest BCUT2D eigenvalue weighted by molar-refractivity contribution is 0.0937. The maximum atomic E-state index is 12.0. The van der Waals surface area contributed by atoms with Gasteiger partial charge in [-0.2, -0.15) is 0 Å². The van der Waals surface area contributed by atoms with Crippen molar-refractivity contribution in [2.45, 2.75) is 13.5 Å². The van der Waals surface area contributed by atoms with E-state index in [1.54, 1.807) is 23.1 Å². The maximum absolute atomic E-state index is 12.0. The lowest BCUT2D eigenvalue weighted by Crippen LogP contribution is -2.24. The van der Waals surface area contributed by atoms with Gasteiger partial charge in [0, 0.05) is 0 Å². The number of hydrogen-bond acceptors (Lipinski definition) is 4. The zero-order valence-electron chi connectivity index (χ0n) is 11.5. The van der Waals surface area contributed by atoms with Crippen molar-refractivity contribution in [1.82, 2.24) is 20.1 Å². The Morgan fingerprint density at radius 3 is 2.76 bits per heavy atom. The highest BCUT2D eigenvalue weighted by Gasteiger charge is 2.15. The third-order valence-corrected chi connectivity index (χ3v) is 2.98. The van der Waals surface area contributed by atoms with E-state index in [-0.39, 0.29) is 11.7 Å². The number of hydrogen-bond donors (Lipinski definition) is 1. The van der Waals surface area contributed by atoms with E-state index in [0.717, 1.165) is 5.69 Å². The number of aromatic nitrogens is 3. The highest BCUT2D eigenvalue weighted by Crippen LogP contribution is 2.09. The number of furan rings is 1. The normalized spacial score (nSPS) is 10.5. The van der Waals surface area contributed by atoms with Gasteiger partial charge in [-0.05, 0) is 31.2 Å². The minimum Gasteiger partial charge on any atom is -0.467 e. The molecule has 0 saturated heterocycles. The predicted molar refractivity (Wildman–Crippen MR) is 76.0 cm³/mol. The van der Waals surface area contributed by atoms with Crippen LogP contribution in [0.1, 0.15) is 22.2 Å². The van der Waals surface area contributed by atoms with Crippen molar-refractivity contribution in [3.05, 3.63) is 66.1 Å². The van der Waals surface area contributed by atoms with Gasteiger partial charge in [0.2, 0.25) is 5.82 Å². The van der Waals surface area contributed by atoms with Crippen LogP contribution in [-0.2, 0) is 6.54 Å². The Kier molecular flexibility index (Phi) is 3.51. The quantitative estimate of drug-likeness (QED) is 0.795. The Labute approximate surface area is 121 Å². The smallest absolute Gasteiger partial charge is 0.291 e. The van der Waals surface area contributed by atoms with Crippen LogP contribution in [0.2, 0.25) is 0 Å². The summed E-state index contributed by atoms with van der Waals surface area (Å²) in [6.45, 7) is 2.12. The molecule has 106 valence electrons. The molecule has 0 aliphatic carbocycles. The highest BCUT2D eigenvalue weighted by atomic mass is 16.3. The molecule has 1 amide bonds. The molecule has 2 aromatic heterocycles. The van der Waals surface area contributed by atoms with Crippen LogP contribution in [0, 0.1) is 6.92 Å². The topological polar surface area (TPSA) is 73.0 Å². The summed E-state index contributed by atoms with van der Waals surface area (Å²) in [5.74, 6) is 1.15. The van der Waals surface area contributed by atoms with Gasteiger partial charge in [0.05, 0.1) is 18.5 Å². The van der Waals surface area contributed by atoms with Crippen molar-refractivity contribution in [1.29, 1.82) is 0 Å². The van der Waals surface area contributed by atoms with Crippen molar-refractivity contribution >= 4 is 5.91 Å². The fourth-order valence-electron chi connectivity index (χ4n) is 1.96. The van der Waals surface area contributed by atoms with Crippen LogP contribution < -0.4 is 5.32 Å². The van der Waals surface area contributed by atoms with Gasteiger partial charge in [-0.3, -0.25) is 4.79 Å². The average molecular weight is 282 g/mol. The van der Waals surface area contributed by atoms with E-state index in [1.165, 1.54) is 0 Å². The summed E-state index contributed by atoms with van der Waals surface area (Å²) in [7, 11) is 0. The largest absolute Gasteiger partial charge is 0.467 e. The number of benzene rings is 1. The molecular weight excluding hydrogens is 268 g/mol. The number of para-hydroxylation sites is 1. The molecule has 0 unspecified atom stereocenters. The predicted octanol–water partition coefficient (Wildman–Crippen LogP) is 2.10. The molecule has 2 heterocycles. The molecule has 0 aliphatic rings. The first-order valence-electron chi connectivity index (χ1n) is 6.54. The lowest BCUT2D eigenvalue weighted by atomic mass is 10.3. The number of rotatable bonds is 4. The van der Waals surface area contributed by atoms with Gasteiger partial charge in [-0.1, -0.05) is 18.2 Å². The highest BCUT2D eigenvalue weighted by molar-refractivity contribution is 5.90. The van der Waals surface area contributed by atoms with Crippen LogP contribution in [0.15, 0.2) is 53.1 Å². The summed E-state index contributed by atoms with van der Waals surface area (Å²) in [4.78, 5) is 16.2.